The van der Waals surface area contributed by atoms with E-state index in [9.17, 15) is 4.79 Å². The summed E-state index contributed by atoms with van der Waals surface area (Å²) in [5.74, 6) is 0. The molecule has 0 aliphatic carbocycles. The van der Waals surface area contributed by atoms with Gasteiger partial charge in [0, 0.05) is 32.8 Å². The smallest absolute Gasteiger partial charge is 0.309 e. The van der Waals surface area contributed by atoms with E-state index in [1.165, 1.54) is 32.9 Å². The van der Waals surface area contributed by atoms with Crippen LogP contribution in [-0.2, 0) is 0 Å². The second-order valence-electron chi connectivity index (χ2n) is 14.1. The molecule has 4 heteroatoms. The van der Waals surface area contributed by atoms with Crippen molar-refractivity contribution in [1.82, 2.24) is 13.5 Å². The second kappa shape index (κ2) is 12.3. The Morgan fingerprint density at radius 2 is 0.782 bits per heavy atom. The summed E-state index contributed by atoms with van der Waals surface area (Å²) in [6, 6.07) is 70.0. The Hall–Kier alpha value is -7.43. The molecule has 3 aromatic heterocycles. The van der Waals surface area contributed by atoms with Crippen molar-refractivity contribution in [2.45, 2.75) is 0 Å². The fourth-order valence-electron chi connectivity index (χ4n) is 8.58. The van der Waals surface area contributed by atoms with Gasteiger partial charge in [-0.3, -0.25) is 8.97 Å². The molecule has 0 bridgehead atoms. The lowest BCUT2D eigenvalue weighted by molar-refractivity contribution is 0.936. The molecule has 3 heterocycles. The largest absolute Gasteiger partial charge is 0.338 e. The fourth-order valence-corrected chi connectivity index (χ4v) is 8.58. The van der Waals surface area contributed by atoms with E-state index >= 15 is 0 Å². The van der Waals surface area contributed by atoms with Gasteiger partial charge in [-0.2, -0.15) is 0 Å². The van der Waals surface area contributed by atoms with Crippen molar-refractivity contribution in [3.63, 3.8) is 0 Å². The van der Waals surface area contributed by atoms with Gasteiger partial charge in [-0.1, -0.05) is 140 Å². The molecule has 0 spiro atoms. The molecule has 0 aliphatic rings. The number of para-hydroxylation sites is 3. The maximum atomic E-state index is 14.7. The lowest BCUT2D eigenvalue weighted by atomic mass is 9.98. The van der Waals surface area contributed by atoms with Crippen LogP contribution >= 0.6 is 0 Å². The van der Waals surface area contributed by atoms with Crippen LogP contribution in [0.25, 0.3) is 93.9 Å². The third-order valence-corrected chi connectivity index (χ3v) is 11.1. The van der Waals surface area contributed by atoms with E-state index in [2.05, 4.69) is 162 Å². The molecule has 11 aromatic rings. The number of hydrogen-bond donors (Lipinski definition) is 0. The molecule has 0 unspecified atom stereocenters. The number of rotatable bonds is 5. The standard InChI is InChI=1S/C51H33N3O/c55-51-53(39-18-8-3-9-19-39)48-31-27-38(33-44(48)50-49(36-16-6-2-7-17-36)42-21-11-13-23-46(42)54(50)51)35-24-28-40(29-25-35)52-45-22-12-10-20-41(45)43-32-37(26-30-47(43)52)34-14-4-1-5-15-34/h1-33H. The zero-order valence-corrected chi connectivity index (χ0v) is 29.8. The van der Waals surface area contributed by atoms with Gasteiger partial charge < -0.3 is 4.57 Å². The Morgan fingerprint density at radius 3 is 1.47 bits per heavy atom. The van der Waals surface area contributed by atoms with Crippen molar-refractivity contribution in [2.75, 3.05) is 0 Å². The summed E-state index contributed by atoms with van der Waals surface area (Å²) in [7, 11) is 0. The predicted octanol–water partition coefficient (Wildman–Crippen LogP) is 12.5. The molecule has 0 fully saturated rings. The fraction of sp³-hybridized carbons (Fsp3) is 0. The highest BCUT2D eigenvalue weighted by molar-refractivity contribution is 6.15. The molecule has 258 valence electrons. The third-order valence-electron chi connectivity index (χ3n) is 11.1. The molecule has 8 aromatic carbocycles. The van der Waals surface area contributed by atoms with E-state index in [1.54, 1.807) is 0 Å². The first-order valence-corrected chi connectivity index (χ1v) is 18.7. The average Bonchev–Trinajstić information content (AvgIpc) is 3.78. The molecule has 0 radical (unpaired) electrons. The minimum Gasteiger partial charge on any atom is -0.309 e. The van der Waals surface area contributed by atoms with Crippen molar-refractivity contribution in [3.8, 4) is 44.8 Å². The van der Waals surface area contributed by atoms with Crippen LogP contribution in [0, 0.1) is 0 Å². The van der Waals surface area contributed by atoms with Gasteiger partial charge in [0.15, 0.2) is 0 Å². The first-order valence-electron chi connectivity index (χ1n) is 18.7. The monoisotopic (exact) mass is 703 g/mol. The van der Waals surface area contributed by atoms with E-state index in [-0.39, 0.29) is 5.69 Å². The molecular formula is C51H33N3O. The van der Waals surface area contributed by atoms with Gasteiger partial charge in [-0.25, -0.2) is 4.79 Å². The van der Waals surface area contributed by atoms with Crippen LogP contribution in [0.1, 0.15) is 0 Å². The zero-order valence-electron chi connectivity index (χ0n) is 29.8. The Balaban J connectivity index is 1.12. The summed E-state index contributed by atoms with van der Waals surface area (Å²) in [5, 5.41) is 4.53. The van der Waals surface area contributed by atoms with Crippen LogP contribution in [-0.4, -0.2) is 13.5 Å². The molecular weight excluding hydrogens is 671 g/mol. The quantitative estimate of drug-likeness (QED) is 0.176. The average molecular weight is 704 g/mol. The van der Waals surface area contributed by atoms with Crippen molar-refractivity contribution >= 4 is 49.1 Å². The Kier molecular flexibility index (Phi) is 6.98. The van der Waals surface area contributed by atoms with Crippen molar-refractivity contribution < 1.29 is 0 Å². The number of fused-ring (bicyclic) bond motifs is 8. The molecule has 0 saturated carbocycles. The van der Waals surface area contributed by atoms with Gasteiger partial charge in [0.1, 0.15) is 0 Å². The highest BCUT2D eigenvalue weighted by Crippen LogP contribution is 2.40. The minimum atomic E-state index is -0.0914. The summed E-state index contributed by atoms with van der Waals surface area (Å²) in [4.78, 5) is 14.7. The van der Waals surface area contributed by atoms with Gasteiger partial charge in [0.05, 0.1) is 33.3 Å². The number of aromatic nitrogens is 3. The molecule has 0 amide bonds. The molecule has 0 saturated heterocycles. The number of nitrogens with zero attached hydrogens (tertiary/aromatic N) is 3. The number of benzene rings is 8. The molecule has 0 aliphatic heterocycles. The zero-order chi connectivity index (χ0) is 36.5. The van der Waals surface area contributed by atoms with Crippen LogP contribution < -0.4 is 5.69 Å². The van der Waals surface area contributed by atoms with Gasteiger partial charge in [0.25, 0.3) is 0 Å². The molecule has 4 nitrogen and oxygen atoms in total. The highest BCUT2D eigenvalue weighted by Gasteiger charge is 2.22. The van der Waals surface area contributed by atoms with E-state index in [4.69, 9.17) is 0 Å². The van der Waals surface area contributed by atoms with Gasteiger partial charge >= 0.3 is 5.69 Å². The van der Waals surface area contributed by atoms with Crippen molar-refractivity contribution in [3.05, 3.63) is 211 Å². The SMILES string of the molecule is O=c1n(-c2ccccc2)c2ccc(-c3ccc(-n4c5ccccc5c5cc(-c6ccccc6)ccc54)cc3)cc2c2c(-c3ccccc3)c3ccccc3n12. The molecule has 0 N–H and O–H groups in total. The van der Waals surface area contributed by atoms with Gasteiger partial charge in [0.2, 0.25) is 0 Å². The summed E-state index contributed by atoms with van der Waals surface area (Å²) in [6.45, 7) is 0. The first-order chi connectivity index (χ1) is 27.2. The van der Waals surface area contributed by atoms with Crippen LogP contribution in [0.5, 0.6) is 0 Å². The normalized spacial score (nSPS) is 11.7. The maximum absolute atomic E-state index is 14.7. The van der Waals surface area contributed by atoms with Crippen molar-refractivity contribution in [2.24, 2.45) is 0 Å². The van der Waals surface area contributed by atoms with E-state index in [0.29, 0.717) is 0 Å². The summed E-state index contributed by atoms with van der Waals surface area (Å²) in [6.07, 6.45) is 0. The van der Waals surface area contributed by atoms with Crippen LogP contribution in [0.15, 0.2) is 205 Å². The molecule has 0 atom stereocenters. The van der Waals surface area contributed by atoms with E-state index in [0.717, 1.165) is 61.0 Å². The lowest BCUT2D eigenvalue weighted by Crippen LogP contribution is -2.25. The van der Waals surface area contributed by atoms with Gasteiger partial charge in [-0.05, 0) is 88.5 Å². The van der Waals surface area contributed by atoms with E-state index < -0.39 is 0 Å². The van der Waals surface area contributed by atoms with E-state index in [1.807, 2.05) is 51.4 Å². The Morgan fingerprint density at radius 1 is 0.309 bits per heavy atom. The van der Waals surface area contributed by atoms with Crippen LogP contribution in [0.2, 0.25) is 0 Å². The van der Waals surface area contributed by atoms with Gasteiger partial charge in [-0.15, -0.1) is 0 Å². The summed E-state index contributed by atoms with van der Waals surface area (Å²) in [5.41, 5.74) is 13.6. The Bertz CT molecular complexity index is 3300. The summed E-state index contributed by atoms with van der Waals surface area (Å²) < 4.78 is 6.12. The maximum Gasteiger partial charge on any atom is 0.338 e. The topological polar surface area (TPSA) is 31.3 Å². The molecule has 11 rings (SSSR count). The molecule has 55 heavy (non-hydrogen) atoms. The van der Waals surface area contributed by atoms with Crippen LogP contribution in [0.4, 0.5) is 0 Å². The lowest BCUT2D eigenvalue weighted by Gasteiger charge is -2.15. The minimum absolute atomic E-state index is 0.0914. The number of hydrogen-bond acceptors (Lipinski definition) is 1. The third kappa shape index (κ3) is 4.82. The van der Waals surface area contributed by atoms with Crippen molar-refractivity contribution in [1.29, 1.82) is 0 Å². The second-order valence-corrected chi connectivity index (χ2v) is 14.1. The summed E-state index contributed by atoms with van der Waals surface area (Å²) >= 11 is 0. The predicted molar refractivity (Wildman–Crippen MR) is 229 cm³/mol. The van der Waals surface area contributed by atoms with Crippen LogP contribution in [0.3, 0.4) is 0 Å². The first kappa shape index (κ1) is 31.1. The highest BCUT2D eigenvalue weighted by atomic mass is 16.1. The Labute approximate surface area is 317 Å².